The van der Waals surface area contributed by atoms with Gasteiger partial charge in [-0.05, 0) is 49.0 Å². The first-order valence-electron chi connectivity index (χ1n) is 8.71. The Bertz CT molecular complexity index is 1080. The number of H-pyrrole nitrogens is 1. The first-order valence-corrected chi connectivity index (χ1v) is 9.12. The molecule has 0 fully saturated rings. The molecule has 138 valence electrons. The molecule has 5 nitrogen and oxygen atoms in total. The fraction of sp³-hybridized carbons (Fsp3) is 0.200. The molecule has 0 amide bonds. The van der Waals surface area contributed by atoms with Crippen molar-refractivity contribution in [1.82, 2.24) is 14.5 Å². The maximum atomic E-state index is 13.3. The van der Waals surface area contributed by atoms with E-state index in [9.17, 15) is 9.18 Å². The Hall–Kier alpha value is -2.77. The third-order valence-corrected chi connectivity index (χ3v) is 5.22. The highest BCUT2D eigenvalue weighted by Gasteiger charge is 2.26. The van der Waals surface area contributed by atoms with Crippen LogP contribution in [0.2, 0.25) is 0 Å². The Labute approximate surface area is 161 Å². The van der Waals surface area contributed by atoms with Crippen molar-refractivity contribution in [3.05, 3.63) is 86.7 Å². The van der Waals surface area contributed by atoms with Crippen molar-refractivity contribution in [3.63, 3.8) is 0 Å². The molecule has 3 aromatic rings. The van der Waals surface area contributed by atoms with Gasteiger partial charge in [-0.25, -0.2) is 4.39 Å². The van der Waals surface area contributed by atoms with Crippen LogP contribution in [0.1, 0.15) is 24.1 Å². The van der Waals surface area contributed by atoms with E-state index in [0.29, 0.717) is 30.3 Å². The predicted octanol–water partition coefficient (Wildman–Crippen LogP) is 3.98. The number of aromatic nitrogens is 2. The van der Waals surface area contributed by atoms with Crippen molar-refractivity contribution < 1.29 is 4.39 Å². The van der Waals surface area contributed by atoms with Crippen LogP contribution in [0.25, 0.3) is 5.69 Å². The minimum absolute atomic E-state index is 0.147. The second kappa shape index (κ2) is 7.09. The topological polar surface area (TPSA) is 53.1 Å². The van der Waals surface area contributed by atoms with E-state index in [1.165, 1.54) is 17.7 Å². The van der Waals surface area contributed by atoms with E-state index in [1.807, 2.05) is 18.2 Å². The number of nitrogens with one attached hydrogen (secondary N) is 2. The first-order chi connectivity index (χ1) is 13.0. The summed E-state index contributed by atoms with van der Waals surface area (Å²) in [5.74, 6) is 0.339. The predicted molar refractivity (Wildman–Crippen MR) is 106 cm³/mol. The summed E-state index contributed by atoms with van der Waals surface area (Å²) in [6.07, 6.45) is 0. The zero-order valence-corrected chi connectivity index (χ0v) is 15.6. The fourth-order valence-electron chi connectivity index (χ4n) is 3.39. The summed E-state index contributed by atoms with van der Waals surface area (Å²) in [6.45, 7) is 3.18. The molecule has 4 rings (SSSR count). The standard InChI is InChI=1S/C20H19FN4OS/c1-13(14-5-3-2-4-6-14)24-11-17-18(22-12-24)25(20(27)23-19(17)26)16-9-7-15(21)8-10-16/h2-10,13,22H,11-12H2,1H3,(H,23,26,27)/t13-/m0/s1. The molecule has 2 heterocycles. The molecule has 7 heteroatoms. The highest BCUT2D eigenvalue weighted by molar-refractivity contribution is 7.71. The molecule has 1 atom stereocenters. The number of hydrogen-bond donors (Lipinski definition) is 2. The number of hydrogen-bond acceptors (Lipinski definition) is 4. The van der Waals surface area contributed by atoms with E-state index in [4.69, 9.17) is 12.2 Å². The monoisotopic (exact) mass is 382 g/mol. The fourth-order valence-corrected chi connectivity index (χ4v) is 3.68. The number of anilines is 1. The van der Waals surface area contributed by atoms with Gasteiger partial charge in [0.25, 0.3) is 5.56 Å². The van der Waals surface area contributed by atoms with Gasteiger partial charge < -0.3 is 5.32 Å². The normalized spacial score (nSPS) is 15.0. The van der Waals surface area contributed by atoms with E-state index >= 15 is 0 Å². The van der Waals surface area contributed by atoms with Crippen LogP contribution in [0.15, 0.2) is 59.4 Å². The SMILES string of the molecule is C[C@@H](c1ccccc1)N1CNc2c(c(=O)[nH]c(=S)n2-c2ccc(F)cc2)C1. The molecule has 0 aliphatic carbocycles. The van der Waals surface area contributed by atoms with Crippen molar-refractivity contribution in [2.75, 3.05) is 12.0 Å². The molecule has 0 bridgehead atoms. The number of benzene rings is 2. The second-order valence-corrected chi connectivity index (χ2v) is 6.95. The number of aromatic amines is 1. The Morgan fingerprint density at radius 3 is 2.52 bits per heavy atom. The van der Waals surface area contributed by atoms with Crippen molar-refractivity contribution in [2.45, 2.75) is 19.5 Å². The third kappa shape index (κ3) is 3.31. The van der Waals surface area contributed by atoms with Gasteiger partial charge in [0.2, 0.25) is 0 Å². The molecule has 0 saturated carbocycles. The van der Waals surface area contributed by atoms with Crippen LogP contribution in [0.5, 0.6) is 0 Å². The Morgan fingerprint density at radius 2 is 1.81 bits per heavy atom. The highest BCUT2D eigenvalue weighted by Crippen LogP contribution is 2.28. The van der Waals surface area contributed by atoms with Gasteiger partial charge in [0.1, 0.15) is 11.6 Å². The van der Waals surface area contributed by atoms with Crippen LogP contribution in [0.4, 0.5) is 10.2 Å². The lowest BCUT2D eigenvalue weighted by atomic mass is 10.1. The van der Waals surface area contributed by atoms with E-state index in [2.05, 4.69) is 34.3 Å². The van der Waals surface area contributed by atoms with Crippen molar-refractivity contribution in [3.8, 4) is 5.69 Å². The smallest absolute Gasteiger partial charge is 0.258 e. The molecule has 1 aromatic heterocycles. The number of fused-ring (bicyclic) bond motifs is 1. The van der Waals surface area contributed by atoms with Gasteiger partial charge in [-0.15, -0.1) is 0 Å². The van der Waals surface area contributed by atoms with E-state index < -0.39 is 0 Å². The molecule has 1 aliphatic rings. The summed E-state index contributed by atoms with van der Waals surface area (Å²) in [5, 5.41) is 3.34. The maximum absolute atomic E-state index is 13.3. The Morgan fingerprint density at radius 1 is 1.11 bits per heavy atom. The zero-order chi connectivity index (χ0) is 19.0. The minimum atomic E-state index is -0.320. The van der Waals surface area contributed by atoms with Crippen molar-refractivity contribution in [1.29, 1.82) is 0 Å². The van der Waals surface area contributed by atoms with Gasteiger partial charge in [-0.3, -0.25) is 19.2 Å². The van der Waals surface area contributed by atoms with Crippen molar-refractivity contribution in [2.24, 2.45) is 0 Å². The molecular formula is C20H19FN4OS. The first kappa shape index (κ1) is 17.6. The lowest BCUT2D eigenvalue weighted by Gasteiger charge is -2.35. The zero-order valence-electron chi connectivity index (χ0n) is 14.8. The molecule has 0 saturated heterocycles. The molecule has 2 aromatic carbocycles. The van der Waals surface area contributed by atoms with Crippen LogP contribution in [-0.4, -0.2) is 21.1 Å². The maximum Gasteiger partial charge on any atom is 0.258 e. The molecule has 1 aliphatic heterocycles. The van der Waals surface area contributed by atoms with Gasteiger partial charge in [0.15, 0.2) is 4.77 Å². The van der Waals surface area contributed by atoms with Crippen LogP contribution < -0.4 is 10.9 Å². The van der Waals surface area contributed by atoms with Crippen LogP contribution in [0.3, 0.4) is 0 Å². The average Bonchev–Trinajstić information content (AvgIpc) is 2.69. The Balaban J connectivity index is 1.74. The molecule has 0 spiro atoms. The van der Waals surface area contributed by atoms with Gasteiger partial charge in [-0.2, -0.15) is 0 Å². The van der Waals surface area contributed by atoms with Gasteiger partial charge in [0, 0.05) is 18.3 Å². The van der Waals surface area contributed by atoms with Crippen LogP contribution in [-0.2, 0) is 6.54 Å². The second-order valence-electron chi connectivity index (χ2n) is 6.57. The molecule has 0 unspecified atom stereocenters. The summed E-state index contributed by atoms with van der Waals surface area (Å²) in [7, 11) is 0. The summed E-state index contributed by atoms with van der Waals surface area (Å²) in [6, 6.07) is 16.4. The van der Waals surface area contributed by atoms with Gasteiger partial charge in [-0.1, -0.05) is 30.3 Å². The molecular weight excluding hydrogens is 363 g/mol. The average molecular weight is 382 g/mol. The Kier molecular flexibility index (Phi) is 4.63. The van der Waals surface area contributed by atoms with Crippen LogP contribution >= 0.6 is 12.2 Å². The quantitative estimate of drug-likeness (QED) is 0.673. The lowest BCUT2D eigenvalue weighted by Crippen LogP contribution is -2.40. The largest absolute Gasteiger partial charge is 0.358 e. The van der Waals surface area contributed by atoms with E-state index in [0.717, 1.165) is 0 Å². The number of nitrogens with zero attached hydrogens (tertiary/aromatic N) is 2. The minimum Gasteiger partial charge on any atom is -0.358 e. The summed E-state index contributed by atoms with van der Waals surface area (Å²) < 4.78 is 15.3. The molecule has 0 radical (unpaired) electrons. The van der Waals surface area contributed by atoms with Crippen LogP contribution in [0, 0.1) is 10.6 Å². The summed E-state index contributed by atoms with van der Waals surface area (Å²) in [5.41, 5.74) is 2.30. The van der Waals surface area contributed by atoms with Gasteiger partial charge >= 0.3 is 0 Å². The van der Waals surface area contributed by atoms with E-state index in [-0.39, 0.29) is 22.2 Å². The summed E-state index contributed by atoms with van der Waals surface area (Å²) >= 11 is 5.36. The summed E-state index contributed by atoms with van der Waals surface area (Å²) in [4.78, 5) is 17.5. The van der Waals surface area contributed by atoms with Crippen molar-refractivity contribution >= 4 is 18.0 Å². The van der Waals surface area contributed by atoms with E-state index in [1.54, 1.807) is 16.7 Å². The number of halogens is 1. The van der Waals surface area contributed by atoms with Gasteiger partial charge in [0.05, 0.1) is 12.2 Å². The highest BCUT2D eigenvalue weighted by atomic mass is 32.1. The molecule has 2 N–H and O–H groups in total. The number of rotatable bonds is 3. The lowest BCUT2D eigenvalue weighted by molar-refractivity contribution is 0.207. The molecule has 27 heavy (non-hydrogen) atoms. The third-order valence-electron chi connectivity index (χ3n) is 4.93.